The Morgan fingerprint density at radius 3 is 2.52 bits per heavy atom. The summed E-state index contributed by atoms with van der Waals surface area (Å²) in [6.07, 6.45) is -5.07. The zero-order chi connectivity index (χ0) is 22.0. The van der Waals surface area contributed by atoms with Crippen LogP contribution >= 0.6 is 0 Å². The van der Waals surface area contributed by atoms with E-state index >= 15 is 0 Å². The van der Waals surface area contributed by atoms with Crippen LogP contribution in [0.15, 0.2) is 42.5 Å². The number of methoxy groups -OCH3 is 1. The maximum absolute atomic E-state index is 10.5. The van der Waals surface area contributed by atoms with Crippen molar-refractivity contribution in [2.24, 2.45) is 0 Å². The van der Waals surface area contributed by atoms with Crippen molar-refractivity contribution in [2.75, 3.05) is 38.3 Å². The van der Waals surface area contributed by atoms with Crippen molar-refractivity contribution in [3.05, 3.63) is 53.6 Å². The normalized spacial score (nSPS) is 28.0. The molecule has 0 radical (unpaired) electrons. The standard InChI is InChI=1S/C23H29NO7/c1-29-16-5-2-14(3-6-16)8-9-24-10-11-30-18-7-4-15(12-17(18)24)23-22(28)21(27)20(26)19(13-25)31-23/h2-7,12,19-23,25-28H,8-11,13H2,1H3/t19-,20-,21+,22-,23+/m1/s1. The number of benzene rings is 2. The molecule has 0 unspecified atom stereocenters. The fraction of sp³-hybridized carbons (Fsp3) is 0.478. The van der Waals surface area contributed by atoms with Crippen molar-refractivity contribution in [1.82, 2.24) is 0 Å². The Morgan fingerprint density at radius 1 is 1.03 bits per heavy atom. The minimum Gasteiger partial charge on any atom is -0.497 e. The Hall–Kier alpha value is -2.36. The number of aliphatic hydroxyl groups is 4. The second kappa shape index (κ2) is 9.42. The van der Waals surface area contributed by atoms with Gasteiger partial charge >= 0.3 is 0 Å². The number of hydrogen-bond donors (Lipinski definition) is 4. The van der Waals surface area contributed by atoms with Gasteiger partial charge in [-0.2, -0.15) is 0 Å². The molecule has 0 saturated carbocycles. The molecule has 8 nitrogen and oxygen atoms in total. The fourth-order valence-electron chi connectivity index (χ4n) is 4.13. The van der Waals surface area contributed by atoms with Crippen molar-refractivity contribution >= 4 is 5.69 Å². The van der Waals surface area contributed by atoms with Gasteiger partial charge in [0.25, 0.3) is 0 Å². The molecule has 0 aromatic heterocycles. The van der Waals surface area contributed by atoms with E-state index < -0.39 is 37.1 Å². The molecule has 8 heteroatoms. The van der Waals surface area contributed by atoms with Gasteiger partial charge in [0.1, 0.15) is 48.6 Å². The molecular formula is C23H29NO7. The summed E-state index contributed by atoms with van der Waals surface area (Å²) in [5.41, 5.74) is 2.73. The van der Waals surface area contributed by atoms with E-state index in [2.05, 4.69) is 4.90 Å². The van der Waals surface area contributed by atoms with E-state index in [-0.39, 0.29) is 0 Å². The molecule has 1 saturated heterocycles. The summed E-state index contributed by atoms with van der Waals surface area (Å²) in [6.45, 7) is 1.63. The zero-order valence-electron chi connectivity index (χ0n) is 17.4. The maximum Gasteiger partial charge on any atom is 0.142 e. The van der Waals surface area contributed by atoms with E-state index in [1.807, 2.05) is 36.4 Å². The first kappa shape index (κ1) is 21.9. The maximum atomic E-state index is 10.5. The molecule has 168 valence electrons. The third-order valence-corrected chi connectivity index (χ3v) is 5.99. The van der Waals surface area contributed by atoms with Gasteiger partial charge in [0.05, 0.1) is 25.9 Å². The number of hydrogen-bond acceptors (Lipinski definition) is 8. The molecule has 0 bridgehead atoms. The highest BCUT2D eigenvalue weighted by atomic mass is 16.5. The quantitative estimate of drug-likeness (QED) is 0.528. The molecule has 0 spiro atoms. The van der Waals surface area contributed by atoms with E-state index in [0.717, 1.165) is 36.7 Å². The predicted octanol–water partition coefficient (Wildman–Crippen LogP) is 0.652. The fourth-order valence-corrected chi connectivity index (χ4v) is 4.13. The molecule has 1 fully saturated rings. The molecule has 2 aromatic carbocycles. The molecule has 4 rings (SSSR count). The summed E-state index contributed by atoms with van der Waals surface area (Å²) >= 11 is 0. The van der Waals surface area contributed by atoms with Crippen LogP contribution in [0.5, 0.6) is 11.5 Å². The number of ether oxygens (including phenoxy) is 3. The predicted molar refractivity (Wildman–Crippen MR) is 114 cm³/mol. The summed E-state index contributed by atoms with van der Waals surface area (Å²) < 4.78 is 16.7. The Morgan fingerprint density at radius 2 is 1.81 bits per heavy atom. The van der Waals surface area contributed by atoms with Crippen LogP contribution in [0.4, 0.5) is 5.69 Å². The van der Waals surface area contributed by atoms with Gasteiger partial charge in [0, 0.05) is 6.54 Å². The van der Waals surface area contributed by atoms with Gasteiger partial charge in [-0.15, -0.1) is 0 Å². The van der Waals surface area contributed by atoms with E-state index in [1.54, 1.807) is 13.2 Å². The van der Waals surface area contributed by atoms with Gasteiger partial charge in [-0.1, -0.05) is 18.2 Å². The number of aliphatic hydroxyl groups excluding tert-OH is 4. The Bertz CT molecular complexity index is 873. The van der Waals surface area contributed by atoms with Crippen molar-refractivity contribution < 1.29 is 34.6 Å². The lowest BCUT2D eigenvalue weighted by molar-refractivity contribution is -0.231. The summed E-state index contributed by atoms with van der Waals surface area (Å²) in [5, 5.41) is 40.1. The van der Waals surface area contributed by atoms with Crippen LogP contribution in [0.1, 0.15) is 17.2 Å². The third-order valence-electron chi connectivity index (χ3n) is 5.99. The van der Waals surface area contributed by atoms with Crippen LogP contribution in [0, 0.1) is 0 Å². The third kappa shape index (κ3) is 4.49. The highest BCUT2D eigenvalue weighted by Gasteiger charge is 2.44. The molecule has 4 N–H and O–H groups in total. The molecule has 0 amide bonds. The number of rotatable bonds is 6. The Balaban J connectivity index is 1.53. The van der Waals surface area contributed by atoms with Crippen molar-refractivity contribution in [2.45, 2.75) is 36.9 Å². The molecule has 2 aliphatic heterocycles. The second-order valence-corrected chi connectivity index (χ2v) is 7.91. The van der Waals surface area contributed by atoms with Crippen LogP contribution in [0.3, 0.4) is 0 Å². The Labute approximate surface area is 181 Å². The van der Waals surface area contributed by atoms with Gasteiger partial charge < -0.3 is 39.5 Å². The molecule has 31 heavy (non-hydrogen) atoms. The monoisotopic (exact) mass is 431 g/mol. The summed E-state index contributed by atoms with van der Waals surface area (Å²) in [5.74, 6) is 1.57. The summed E-state index contributed by atoms with van der Waals surface area (Å²) in [7, 11) is 1.65. The van der Waals surface area contributed by atoms with Gasteiger partial charge in [-0.05, 0) is 41.8 Å². The van der Waals surface area contributed by atoms with Gasteiger partial charge in [0.2, 0.25) is 0 Å². The van der Waals surface area contributed by atoms with Crippen LogP contribution < -0.4 is 14.4 Å². The topological polar surface area (TPSA) is 112 Å². The molecular weight excluding hydrogens is 402 g/mol. The lowest BCUT2D eigenvalue weighted by Crippen LogP contribution is -2.55. The largest absolute Gasteiger partial charge is 0.497 e. The highest BCUT2D eigenvalue weighted by molar-refractivity contribution is 5.62. The van der Waals surface area contributed by atoms with Crippen LogP contribution in [-0.2, 0) is 11.2 Å². The van der Waals surface area contributed by atoms with Crippen molar-refractivity contribution in [3.63, 3.8) is 0 Å². The molecule has 2 aliphatic rings. The molecule has 5 atom stereocenters. The van der Waals surface area contributed by atoms with Gasteiger partial charge in [-0.25, -0.2) is 0 Å². The summed E-state index contributed by atoms with van der Waals surface area (Å²) in [6, 6.07) is 13.5. The minimum atomic E-state index is -1.41. The Kier molecular flexibility index (Phi) is 6.64. The first-order valence-corrected chi connectivity index (χ1v) is 10.5. The van der Waals surface area contributed by atoms with Crippen LogP contribution in [-0.4, -0.2) is 78.3 Å². The van der Waals surface area contributed by atoms with E-state index in [9.17, 15) is 20.4 Å². The lowest BCUT2D eigenvalue weighted by Gasteiger charge is -2.40. The van der Waals surface area contributed by atoms with Crippen LogP contribution in [0.2, 0.25) is 0 Å². The van der Waals surface area contributed by atoms with Gasteiger partial charge in [-0.3, -0.25) is 0 Å². The molecule has 2 aromatic rings. The minimum absolute atomic E-state index is 0.455. The highest BCUT2D eigenvalue weighted by Crippen LogP contribution is 2.38. The van der Waals surface area contributed by atoms with Crippen LogP contribution in [0.25, 0.3) is 0 Å². The molecule has 0 aliphatic carbocycles. The van der Waals surface area contributed by atoms with E-state index in [4.69, 9.17) is 14.2 Å². The number of nitrogens with zero attached hydrogens (tertiary/aromatic N) is 1. The van der Waals surface area contributed by atoms with Crippen molar-refractivity contribution in [3.8, 4) is 11.5 Å². The zero-order valence-corrected chi connectivity index (χ0v) is 17.4. The second-order valence-electron chi connectivity index (χ2n) is 7.91. The van der Waals surface area contributed by atoms with E-state index in [1.165, 1.54) is 5.56 Å². The first-order valence-electron chi connectivity index (χ1n) is 10.5. The summed E-state index contributed by atoms with van der Waals surface area (Å²) in [4.78, 5) is 2.22. The van der Waals surface area contributed by atoms with Crippen molar-refractivity contribution in [1.29, 1.82) is 0 Å². The average molecular weight is 431 g/mol. The molecule has 2 heterocycles. The van der Waals surface area contributed by atoms with Gasteiger partial charge in [0.15, 0.2) is 0 Å². The average Bonchev–Trinajstić information content (AvgIpc) is 2.81. The smallest absolute Gasteiger partial charge is 0.142 e. The number of fused-ring (bicyclic) bond motifs is 1. The lowest BCUT2D eigenvalue weighted by atomic mass is 9.91. The SMILES string of the molecule is COc1ccc(CCN2CCOc3ccc([C@@H]4O[C@H](CO)[C@@H](O)[C@H](O)[C@H]4O)cc32)cc1. The van der Waals surface area contributed by atoms with E-state index in [0.29, 0.717) is 12.2 Å². The first-order chi connectivity index (χ1) is 15.0. The number of anilines is 1.